The molecule has 0 radical (unpaired) electrons. The number of quaternary nitrogens is 1. The second kappa shape index (κ2) is 1.74. The van der Waals surface area contributed by atoms with Crippen LogP contribution in [0.3, 0.4) is 0 Å². The van der Waals surface area contributed by atoms with Crippen molar-refractivity contribution in [1.29, 1.82) is 0 Å². The summed E-state index contributed by atoms with van der Waals surface area (Å²) < 4.78 is 0. The molecule has 0 spiro atoms. The second-order valence-corrected chi connectivity index (χ2v) is 1.76. The Hall–Kier alpha value is -0.580. The molecule has 1 aliphatic heterocycles. The molecule has 1 heterocycles. The van der Waals surface area contributed by atoms with Gasteiger partial charge in [0.1, 0.15) is 12.7 Å². The zero-order valence-corrected chi connectivity index (χ0v) is 4.16. The van der Waals surface area contributed by atoms with Gasteiger partial charge in [0.15, 0.2) is 11.9 Å². The molecule has 46 valence electrons. The van der Waals surface area contributed by atoms with Gasteiger partial charge in [0.2, 0.25) is 0 Å². The molecule has 0 aromatic heterocycles. The van der Waals surface area contributed by atoms with E-state index in [9.17, 15) is 5.21 Å². The van der Waals surface area contributed by atoms with Gasteiger partial charge in [-0.3, -0.25) is 0 Å². The highest BCUT2D eigenvalue weighted by Gasteiger charge is 2.20. The van der Waals surface area contributed by atoms with Gasteiger partial charge in [-0.1, -0.05) is 0 Å². The standard InChI is InChI=1S/C4H7NO3/c6-3-1-5(8)2-4(3)7/h1,4-7H,2H2/t4-/m1/s1. The van der Waals surface area contributed by atoms with E-state index in [2.05, 4.69) is 0 Å². The predicted molar refractivity (Wildman–Crippen MR) is 25.9 cm³/mol. The molecule has 2 atom stereocenters. The summed E-state index contributed by atoms with van der Waals surface area (Å²) in [5.74, 6) is -0.213. The quantitative estimate of drug-likeness (QED) is 0.326. The Morgan fingerprint density at radius 3 is 2.62 bits per heavy atom. The highest BCUT2D eigenvalue weighted by Crippen LogP contribution is 1.95. The SMILES string of the molecule is [O-][NH+]1C=C(O)[C@H](O)C1. The maximum absolute atomic E-state index is 10.3. The molecule has 1 aliphatic rings. The molecule has 1 unspecified atom stereocenters. The first-order valence-corrected chi connectivity index (χ1v) is 2.31. The molecule has 0 fully saturated rings. The van der Waals surface area contributed by atoms with Gasteiger partial charge >= 0.3 is 0 Å². The molecule has 0 aliphatic carbocycles. The molecule has 0 aromatic carbocycles. The van der Waals surface area contributed by atoms with Crippen molar-refractivity contribution in [2.75, 3.05) is 6.54 Å². The van der Waals surface area contributed by atoms with Gasteiger partial charge in [-0.05, 0) is 0 Å². The molecule has 0 saturated carbocycles. The van der Waals surface area contributed by atoms with Crippen LogP contribution in [-0.4, -0.2) is 22.9 Å². The van der Waals surface area contributed by atoms with E-state index in [-0.39, 0.29) is 17.4 Å². The summed E-state index contributed by atoms with van der Waals surface area (Å²) in [5.41, 5.74) is 0. The third-order valence-corrected chi connectivity index (χ3v) is 1.04. The number of hydrogen-bond acceptors (Lipinski definition) is 3. The van der Waals surface area contributed by atoms with Gasteiger partial charge in [-0.15, -0.1) is 0 Å². The first kappa shape index (κ1) is 5.55. The Labute approximate surface area is 46.2 Å². The molecule has 0 amide bonds. The molecule has 4 nitrogen and oxygen atoms in total. The summed E-state index contributed by atoms with van der Waals surface area (Å²) in [6.45, 7) is 0.0336. The normalized spacial score (nSPS) is 37.5. The fraction of sp³-hybridized carbons (Fsp3) is 0.500. The van der Waals surface area contributed by atoms with Crippen molar-refractivity contribution in [3.8, 4) is 0 Å². The zero-order valence-electron chi connectivity index (χ0n) is 4.16. The molecule has 3 N–H and O–H groups in total. The van der Waals surface area contributed by atoms with Crippen molar-refractivity contribution in [1.82, 2.24) is 0 Å². The highest BCUT2D eigenvalue weighted by atomic mass is 16.5. The minimum Gasteiger partial charge on any atom is -0.629 e. The minimum absolute atomic E-state index is 0.0336. The molecule has 0 saturated heterocycles. The third kappa shape index (κ3) is 0.812. The van der Waals surface area contributed by atoms with Gasteiger partial charge < -0.3 is 20.5 Å². The number of hydrogen-bond donors (Lipinski definition) is 3. The van der Waals surface area contributed by atoms with Crippen LogP contribution in [0, 0.1) is 5.21 Å². The summed E-state index contributed by atoms with van der Waals surface area (Å²) >= 11 is 0. The van der Waals surface area contributed by atoms with Gasteiger partial charge in [-0.2, -0.15) is 0 Å². The van der Waals surface area contributed by atoms with E-state index in [1.807, 2.05) is 0 Å². The van der Waals surface area contributed by atoms with E-state index in [0.29, 0.717) is 0 Å². The first-order valence-electron chi connectivity index (χ1n) is 2.31. The number of nitrogens with one attached hydrogen (secondary N) is 1. The Morgan fingerprint density at radius 2 is 2.50 bits per heavy atom. The van der Waals surface area contributed by atoms with Crippen LogP contribution < -0.4 is 5.06 Å². The lowest BCUT2D eigenvalue weighted by Gasteiger charge is -2.09. The number of rotatable bonds is 0. The maximum Gasteiger partial charge on any atom is 0.181 e. The average molecular weight is 117 g/mol. The van der Waals surface area contributed by atoms with Crippen molar-refractivity contribution in [2.24, 2.45) is 0 Å². The Bertz CT molecular complexity index is 122. The lowest BCUT2D eigenvalue weighted by atomic mass is 10.4. The molecule has 1 rings (SSSR count). The fourth-order valence-electron chi connectivity index (χ4n) is 0.615. The predicted octanol–water partition coefficient (Wildman–Crippen LogP) is -1.86. The molecular weight excluding hydrogens is 110 g/mol. The van der Waals surface area contributed by atoms with E-state index in [1.54, 1.807) is 0 Å². The Kier molecular flexibility index (Phi) is 1.21. The van der Waals surface area contributed by atoms with Crippen LogP contribution in [0.25, 0.3) is 0 Å². The average Bonchev–Trinajstić information content (AvgIpc) is 1.85. The van der Waals surface area contributed by atoms with E-state index in [4.69, 9.17) is 10.2 Å². The summed E-state index contributed by atoms with van der Waals surface area (Å²) in [7, 11) is 0. The van der Waals surface area contributed by atoms with Crippen molar-refractivity contribution in [2.45, 2.75) is 6.10 Å². The lowest BCUT2D eigenvalue weighted by molar-refractivity contribution is -0.787. The molecular formula is C4H7NO3. The first-order chi connectivity index (χ1) is 3.70. The van der Waals surface area contributed by atoms with Crippen LogP contribution >= 0.6 is 0 Å². The van der Waals surface area contributed by atoms with Gasteiger partial charge in [0.05, 0.1) is 0 Å². The smallest absolute Gasteiger partial charge is 0.181 e. The molecule has 0 bridgehead atoms. The van der Waals surface area contributed by atoms with Gasteiger partial charge in [0.25, 0.3) is 0 Å². The molecule has 0 aromatic rings. The van der Waals surface area contributed by atoms with Crippen LogP contribution in [0.2, 0.25) is 0 Å². The summed E-state index contributed by atoms with van der Waals surface area (Å²) in [4.78, 5) is 0. The number of aliphatic hydroxyl groups is 2. The van der Waals surface area contributed by atoms with E-state index >= 15 is 0 Å². The largest absolute Gasteiger partial charge is 0.629 e. The molecule has 4 heteroatoms. The van der Waals surface area contributed by atoms with E-state index < -0.39 is 6.10 Å². The summed E-state index contributed by atoms with van der Waals surface area (Å²) in [5, 5.41) is 27.2. The van der Waals surface area contributed by atoms with Crippen LogP contribution in [0.15, 0.2) is 12.0 Å². The highest BCUT2D eigenvalue weighted by molar-refractivity contribution is 4.96. The van der Waals surface area contributed by atoms with E-state index in [0.717, 1.165) is 6.20 Å². The number of aliphatic hydroxyl groups excluding tert-OH is 2. The topological polar surface area (TPSA) is 68.0 Å². The van der Waals surface area contributed by atoms with Gasteiger partial charge in [0, 0.05) is 0 Å². The van der Waals surface area contributed by atoms with Crippen LogP contribution in [0.4, 0.5) is 0 Å². The second-order valence-electron chi connectivity index (χ2n) is 1.76. The lowest BCUT2D eigenvalue weighted by Crippen LogP contribution is -3.01. The summed E-state index contributed by atoms with van der Waals surface area (Å²) in [6.07, 6.45) is 0.104. The fourth-order valence-corrected chi connectivity index (χ4v) is 0.615. The van der Waals surface area contributed by atoms with Crippen LogP contribution in [0.5, 0.6) is 0 Å². The van der Waals surface area contributed by atoms with Crippen LogP contribution in [0.1, 0.15) is 0 Å². The van der Waals surface area contributed by atoms with Crippen molar-refractivity contribution >= 4 is 0 Å². The van der Waals surface area contributed by atoms with Gasteiger partial charge in [-0.25, -0.2) is 0 Å². The zero-order chi connectivity index (χ0) is 6.15. The van der Waals surface area contributed by atoms with E-state index in [1.165, 1.54) is 0 Å². The number of hydroxylamine groups is 2. The maximum atomic E-state index is 10.3. The third-order valence-electron chi connectivity index (χ3n) is 1.04. The van der Waals surface area contributed by atoms with Crippen LogP contribution in [-0.2, 0) is 0 Å². The Balaban J connectivity index is 2.59. The van der Waals surface area contributed by atoms with Crippen molar-refractivity contribution < 1.29 is 15.3 Å². The molecule has 8 heavy (non-hydrogen) atoms. The van der Waals surface area contributed by atoms with Crippen molar-refractivity contribution in [3.63, 3.8) is 0 Å². The summed E-state index contributed by atoms with van der Waals surface area (Å²) in [6, 6.07) is 0. The Morgan fingerprint density at radius 1 is 1.88 bits per heavy atom. The minimum atomic E-state index is -0.942. The van der Waals surface area contributed by atoms with Crippen molar-refractivity contribution in [3.05, 3.63) is 17.2 Å². The monoisotopic (exact) mass is 117 g/mol.